The minimum Gasteiger partial charge on any atom is -0.497 e. The molecule has 3 rings (SSSR count). The molecule has 1 aliphatic heterocycles. The summed E-state index contributed by atoms with van der Waals surface area (Å²) in [7, 11) is 1.54. The Kier molecular flexibility index (Phi) is 7.06. The largest absolute Gasteiger partial charge is 0.497 e. The van der Waals surface area contributed by atoms with Gasteiger partial charge in [-0.3, -0.25) is 19.2 Å². The summed E-state index contributed by atoms with van der Waals surface area (Å²) in [5.41, 5.74) is 0.647. The molecule has 9 heteroatoms. The van der Waals surface area contributed by atoms with Crippen LogP contribution in [0.15, 0.2) is 36.4 Å². The van der Waals surface area contributed by atoms with Gasteiger partial charge < -0.3 is 19.7 Å². The van der Waals surface area contributed by atoms with Crippen LogP contribution in [0.5, 0.6) is 5.75 Å². The first-order chi connectivity index (χ1) is 14.8. The molecule has 1 aromatic heterocycles. The van der Waals surface area contributed by atoms with Crippen molar-refractivity contribution >= 4 is 40.6 Å². The summed E-state index contributed by atoms with van der Waals surface area (Å²) in [5, 5.41) is 2.67. The molecule has 2 amide bonds. The molecule has 1 saturated heterocycles. The smallest absolute Gasteiger partial charge is 0.312 e. The van der Waals surface area contributed by atoms with Crippen molar-refractivity contribution in [3.63, 3.8) is 0 Å². The predicted octanol–water partition coefficient (Wildman–Crippen LogP) is 2.56. The van der Waals surface area contributed by atoms with Gasteiger partial charge in [0.05, 0.1) is 24.4 Å². The van der Waals surface area contributed by atoms with Crippen LogP contribution in [-0.4, -0.2) is 43.3 Å². The highest BCUT2D eigenvalue weighted by Gasteiger charge is 2.37. The lowest BCUT2D eigenvalue weighted by Crippen LogP contribution is -2.30. The van der Waals surface area contributed by atoms with Gasteiger partial charge in [-0.25, -0.2) is 0 Å². The Morgan fingerprint density at radius 1 is 1.26 bits per heavy atom. The minimum atomic E-state index is -0.972. The molecule has 2 atom stereocenters. The summed E-state index contributed by atoms with van der Waals surface area (Å²) in [4.78, 5) is 51.5. The fourth-order valence-electron chi connectivity index (χ4n) is 3.23. The molecule has 0 spiro atoms. The molecule has 0 saturated carbocycles. The van der Waals surface area contributed by atoms with Crippen LogP contribution in [0.4, 0.5) is 5.69 Å². The van der Waals surface area contributed by atoms with Gasteiger partial charge in [0.15, 0.2) is 6.10 Å². The molecule has 2 heterocycles. The van der Waals surface area contributed by atoms with Crippen LogP contribution in [0.25, 0.3) is 0 Å². The monoisotopic (exact) mass is 444 g/mol. The number of anilines is 1. The van der Waals surface area contributed by atoms with Crippen LogP contribution in [0.1, 0.15) is 34.8 Å². The second kappa shape index (κ2) is 9.74. The number of ether oxygens (including phenoxy) is 2. The number of carbonyl (C=O) groups excluding carboxylic acids is 4. The number of nitrogens with zero attached hydrogens (tertiary/aromatic N) is 1. The van der Waals surface area contributed by atoms with Gasteiger partial charge in [0.25, 0.3) is 0 Å². The lowest BCUT2D eigenvalue weighted by atomic mass is 10.1. The molecule has 2 unspecified atom stereocenters. The average Bonchev–Trinajstić information content (AvgIpc) is 3.38. The number of amides is 2. The Morgan fingerprint density at radius 2 is 2.03 bits per heavy atom. The zero-order chi connectivity index (χ0) is 22.5. The Bertz CT molecular complexity index is 1000. The molecule has 1 aliphatic rings. The zero-order valence-electron chi connectivity index (χ0n) is 17.5. The number of methoxy groups -OCH3 is 1. The summed E-state index contributed by atoms with van der Waals surface area (Å²) < 4.78 is 10.6. The van der Waals surface area contributed by atoms with Crippen molar-refractivity contribution in [1.29, 1.82) is 0 Å². The number of hydrogen-bond donors (Lipinski definition) is 1. The molecular weight excluding hydrogens is 420 g/mol. The van der Waals surface area contributed by atoms with E-state index in [2.05, 4.69) is 5.32 Å². The standard InChI is InChI=1S/C22H24N2O6S/c1-13(21(27)19-8-7-18(31-19)11-23-14(2)25)30-22(28)15-9-20(26)24(12-15)16-5-4-6-17(10-16)29-3/h4-8,10,13,15H,9,11-12H2,1-3H3,(H,23,25). The summed E-state index contributed by atoms with van der Waals surface area (Å²) in [5.74, 6) is -1.26. The van der Waals surface area contributed by atoms with E-state index in [1.807, 2.05) is 0 Å². The van der Waals surface area contributed by atoms with Crippen molar-refractivity contribution in [2.75, 3.05) is 18.6 Å². The molecule has 31 heavy (non-hydrogen) atoms. The van der Waals surface area contributed by atoms with Crippen LogP contribution in [0.2, 0.25) is 0 Å². The van der Waals surface area contributed by atoms with Gasteiger partial charge in [-0.05, 0) is 31.2 Å². The molecule has 1 fully saturated rings. The highest BCUT2D eigenvalue weighted by Crippen LogP contribution is 2.29. The van der Waals surface area contributed by atoms with Gasteiger partial charge >= 0.3 is 5.97 Å². The minimum absolute atomic E-state index is 0.0246. The fraction of sp³-hybridized carbons (Fsp3) is 0.364. The first-order valence-electron chi connectivity index (χ1n) is 9.80. The third-order valence-corrected chi connectivity index (χ3v) is 6.00. The second-order valence-corrected chi connectivity index (χ2v) is 8.39. The van der Waals surface area contributed by atoms with Gasteiger partial charge in [-0.15, -0.1) is 11.3 Å². The van der Waals surface area contributed by atoms with E-state index in [9.17, 15) is 19.2 Å². The van der Waals surface area contributed by atoms with Crippen molar-refractivity contribution in [2.45, 2.75) is 32.9 Å². The number of rotatable bonds is 8. The summed E-state index contributed by atoms with van der Waals surface area (Å²) >= 11 is 1.24. The number of hydrogen-bond acceptors (Lipinski definition) is 7. The molecule has 164 valence electrons. The van der Waals surface area contributed by atoms with Crippen LogP contribution in [0.3, 0.4) is 0 Å². The first kappa shape index (κ1) is 22.5. The number of carbonyl (C=O) groups is 4. The first-order valence-corrected chi connectivity index (χ1v) is 10.6. The molecule has 0 aliphatic carbocycles. The third kappa shape index (κ3) is 5.49. The highest BCUT2D eigenvalue weighted by molar-refractivity contribution is 7.14. The highest BCUT2D eigenvalue weighted by atomic mass is 32.1. The Labute approximate surface area is 184 Å². The summed E-state index contributed by atoms with van der Waals surface area (Å²) in [6.07, 6.45) is -0.947. The normalized spacial score (nSPS) is 16.7. The molecule has 0 radical (unpaired) electrons. The fourth-order valence-corrected chi connectivity index (χ4v) is 4.20. The molecule has 8 nitrogen and oxygen atoms in total. The van der Waals surface area contributed by atoms with Crippen LogP contribution in [-0.2, 0) is 25.7 Å². The quantitative estimate of drug-likeness (QED) is 0.496. The molecule has 1 aromatic carbocycles. The topological polar surface area (TPSA) is 102 Å². The lowest BCUT2D eigenvalue weighted by Gasteiger charge is -2.18. The van der Waals surface area contributed by atoms with E-state index in [0.717, 1.165) is 4.88 Å². The van der Waals surface area contributed by atoms with Crippen molar-refractivity contribution in [2.24, 2.45) is 5.92 Å². The third-order valence-electron chi connectivity index (χ3n) is 4.90. The summed E-state index contributed by atoms with van der Waals surface area (Å²) in [6, 6.07) is 10.5. The molecular formula is C22H24N2O6S. The Hall–Kier alpha value is -3.20. The van der Waals surface area contributed by atoms with E-state index in [0.29, 0.717) is 22.9 Å². The SMILES string of the molecule is COc1cccc(N2CC(C(=O)OC(C)C(=O)c3ccc(CNC(C)=O)s3)CC2=O)c1. The number of Topliss-reactive ketones (excluding diaryl/α,β-unsaturated/α-hetero) is 1. The lowest BCUT2D eigenvalue weighted by molar-refractivity contribution is -0.151. The number of thiophene rings is 1. The Balaban J connectivity index is 1.59. The maximum absolute atomic E-state index is 12.6. The van der Waals surface area contributed by atoms with Crippen molar-refractivity contribution in [3.05, 3.63) is 46.2 Å². The maximum atomic E-state index is 12.6. The zero-order valence-corrected chi connectivity index (χ0v) is 18.4. The molecule has 0 bridgehead atoms. The van der Waals surface area contributed by atoms with Gasteiger partial charge in [0, 0.05) is 36.5 Å². The summed E-state index contributed by atoms with van der Waals surface area (Å²) in [6.45, 7) is 3.46. The van der Waals surface area contributed by atoms with Crippen molar-refractivity contribution in [1.82, 2.24) is 5.32 Å². The molecule has 1 N–H and O–H groups in total. The van der Waals surface area contributed by atoms with E-state index in [1.54, 1.807) is 43.5 Å². The van der Waals surface area contributed by atoms with Gasteiger partial charge in [0.2, 0.25) is 17.6 Å². The number of nitrogens with one attached hydrogen (secondary N) is 1. The van der Waals surface area contributed by atoms with E-state index in [4.69, 9.17) is 9.47 Å². The van der Waals surface area contributed by atoms with Crippen molar-refractivity contribution in [3.8, 4) is 5.75 Å². The van der Waals surface area contributed by atoms with Gasteiger partial charge in [-0.1, -0.05) is 6.07 Å². The second-order valence-electron chi connectivity index (χ2n) is 7.23. The number of benzene rings is 1. The van der Waals surface area contributed by atoms with E-state index >= 15 is 0 Å². The molecule has 2 aromatic rings. The van der Waals surface area contributed by atoms with Gasteiger partial charge in [0.1, 0.15) is 5.75 Å². The van der Waals surface area contributed by atoms with Gasteiger partial charge in [-0.2, -0.15) is 0 Å². The maximum Gasteiger partial charge on any atom is 0.312 e. The van der Waals surface area contributed by atoms with E-state index in [1.165, 1.54) is 30.1 Å². The van der Waals surface area contributed by atoms with Crippen LogP contribution < -0.4 is 15.0 Å². The van der Waals surface area contributed by atoms with Crippen LogP contribution in [0, 0.1) is 5.92 Å². The van der Waals surface area contributed by atoms with Crippen molar-refractivity contribution < 1.29 is 28.7 Å². The van der Waals surface area contributed by atoms with E-state index in [-0.39, 0.29) is 30.6 Å². The van der Waals surface area contributed by atoms with Crippen LogP contribution >= 0.6 is 11.3 Å². The average molecular weight is 445 g/mol. The number of esters is 1. The number of ketones is 1. The Morgan fingerprint density at radius 3 is 2.74 bits per heavy atom. The van der Waals surface area contributed by atoms with E-state index < -0.39 is 18.0 Å². The predicted molar refractivity (Wildman–Crippen MR) is 115 cm³/mol.